The zero-order valence-corrected chi connectivity index (χ0v) is 23.1. The molecule has 35 heavy (non-hydrogen) atoms. The van der Waals surface area contributed by atoms with Crippen LogP contribution in [0.15, 0.2) is 0 Å². The molecular weight excluding hydrogens is 464 g/mol. The van der Waals surface area contributed by atoms with E-state index in [1.54, 1.807) is 4.90 Å². The number of nitrogens with one attached hydrogen (secondary N) is 2. The molecule has 0 aromatic heterocycles. The second-order valence-corrected chi connectivity index (χ2v) is 10.9. The van der Waals surface area contributed by atoms with Crippen molar-refractivity contribution < 1.29 is 19.1 Å². The lowest BCUT2D eigenvalue weighted by molar-refractivity contribution is -0.143. The third-order valence-electron chi connectivity index (χ3n) is 8.16. The van der Waals surface area contributed by atoms with E-state index < -0.39 is 23.6 Å². The van der Waals surface area contributed by atoms with E-state index in [0.717, 1.165) is 44.9 Å². The van der Waals surface area contributed by atoms with E-state index in [4.69, 9.17) is 10.5 Å². The van der Waals surface area contributed by atoms with E-state index in [0.29, 0.717) is 37.6 Å². The molecule has 1 saturated carbocycles. The Kier molecular flexibility index (Phi) is 12.2. The van der Waals surface area contributed by atoms with Crippen molar-refractivity contribution in [1.82, 2.24) is 15.5 Å². The summed E-state index contributed by atoms with van der Waals surface area (Å²) in [7, 11) is 0. The van der Waals surface area contributed by atoms with E-state index in [1.807, 2.05) is 13.8 Å². The fourth-order valence-corrected chi connectivity index (χ4v) is 6.21. The van der Waals surface area contributed by atoms with Crippen LogP contribution in [-0.2, 0) is 14.3 Å². The summed E-state index contributed by atoms with van der Waals surface area (Å²) in [6, 6.07) is -1.06. The van der Waals surface area contributed by atoms with E-state index in [1.165, 1.54) is 0 Å². The van der Waals surface area contributed by atoms with Crippen LogP contribution >= 0.6 is 12.6 Å². The van der Waals surface area contributed by atoms with Crippen LogP contribution in [0.3, 0.4) is 0 Å². The molecule has 3 atom stereocenters. The number of rotatable bonds is 12. The van der Waals surface area contributed by atoms with Crippen molar-refractivity contribution in [2.45, 2.75) is 104 Å². The fourth-order valence-electron chi connectivity index (χ4n) is 5.76. The molecule has 2 unspecified atom stereocenters. The van der Waals surface area contributed by atoms with Crippen molar-refractivity contribution in [2.75, 3.05) is 25.4 Å². The Morgan fingerprint density at radius 1 is 1.11 bits per heavy atom. The van der Waals surface area contributed by atoms with Crippen LogP contribution in [0.2, 0.25) is 0 Å². The highest BCUT2D eigenvalue weighted by atomic mass is 32.1. The Bertz CT molecular complexity index is 697. The number of thiol groups is 1. The molecule has 2 rings (SSSR count). The van der Waals surface area contributed by atoms with Crippen LogP contribution in [0, 0.1) is 17.3 Å². The van der Waals surface area contributed by atoms with E-state index in [-0.39, 0.29) is 30.4 Å². The predicted octanol–water partition coefficient (Wildman–Crippen LogP) is 3.49. The van der Waals surface area contributed by atoms with Crippen molar-refractivity contribution >= 4 is 30.5 Å². The fraction of sp³-hybridized carbons (Fsp3) is 0.885. The summed E-state index contributed by atoms with van der Waals surface area (Å²) in [4.78, 5) is 41.4. The Morgan fingerprint density at radius 3 is 2.34 bits per heavy atom. The highest BCUT2D eigenvalue weighted by molar-refractivity contribution is 7.80. The zero-order chi connectivity index (χ0) is 26.0. The highest BCUT2D eigenvalue weighted by Crippen LogP contribution is 2.39. The first-order valence-corrected chi connectivity index (χ1v) is 14.2. The number of likely N-dealkylation sites (tertiary alicyclic amines) is 1. The third-order valence-corrected chi connectivity index (χ3v) is 8.84. The second-order valence-electron chi connectivity index (χ2n) is 10.6. The maximum atomic E-state index is 14.0. The van der Waals surface area contributed by atoms with Crippen LogP contribution in [-0.4, -0.2) is 66.4 Å². The molecule has 1 aliphatic heterocycles. The van der Waals surface area contributed by atoms with Crippen molar-refractivity contribution in [3.8, 4) is 0 Å². The first-order valence-electron chi connectivity index (χ1n) is 13.6. The van der Waals surface area contributed by atoms with Gasteiger partial charge in [-0.1, -0.05) is 40.5 Å². The Hall–Kier alpha value is -1.48. The number of hydrogen-bond acceptors (Lipinski definition) is 6. The Labute approximate surface area is 217 Å². The van der Waals surface area contributed by atoms with Crippen LogP contribution < -0.4 is 16.4 Å². The van der Waals surface area contributed by atoms with Gasteiger partial charge < -0.3 is 26.0 Å². The normalized spacial score (nSPS) is 25.1. The molecule has 202 valence electrons. The van der Waals surface area contributed by atoms with Crippen LogP contribution in [0.5, 0.6) is 0 Å². The Balaban J connectivity index is 2.17. The van der Waals surface area contributed by atoms with Gasteiger partial charge in [-0.2, -0.15) is 12.6 Å². The molecule has 0 spiro atoms. The van der Waals surface area contributed by atoms with Gasteiger partial charge in [-0.3, -0.25) is 9.59 Å². The highest BCUT2D eigenvalue weighted by Gasteiger charge is 2.48. The van der Waals surface area contributed by atoms with Gasteiger partial charge in [0, 0.05) is 24.5 Å². The van der Waals surface area contributed by atoms with E-state index in [2.05, 4.69) is 37.1 Å². The largest absolute Gasteiger partial charge is 0.450 e. The maximum absolute atomic E-state index is 14.0. The smallest absolute Gasteiger partial charge is 0.407 e. The van der Waals surface area contributed by atoms with Gasteiger partial charge in [0.1, 0.15) is 12.1 Å². The monoisotopic (exact) mass is 512 g/mol. The minimum absolute atomic E-state index is 0.104. The van der Waals surface area contributed by atoms with Crippen molar-refractivity contribution in [3.05, 3.63) is 0 Å². The lowest BCUT2D eigenvalue weighted by Crippen LogP contribution is -2.61. The number of nitrogens with zero attached hydrogens (tertiary/aromatic N) is 1. The molecule has 0 aromatic rings. The molecule has 1 heterocycles. The van der Waals surface area contributed by atoms with Gasteiger partial charge >= 0.3 is 6.09 Å². The molecular formula is C26H48N4O4S. The number of hydrogen-bond donors (Lipinski definition) is 4. The molecule has 0 aromatic carbocycles. The molecule has 1 aliphatic carbocycles. The van der Waals surface area contributed by atoms with E-state index in [9.17, 15) is 14.4 Å². The molecule has 0 radical (unpaired) electrons. The average Bonchev–Trinajstić information content (AvgIpc) is 3.35. The van der Waals surface area contributed by atoms with Crippen LogP contribution in [0.25, 0.3) is 0 Å². The van der Waals surface area contributed by atoms with Crippen LogP contribution in [0.4, 0.5) is 4.79 Å². The molecule has 1 saturated heterocycles. The van der Waals surface area contributed by atoms with Gasteiger partial charge in [0.25, 0.3) is 0 Å². The van der Waals surface area contributed by atoms with Gasteiger partial charge in [0.15, 0.2) is 0 Å². The SMILES string of the molecule is CCCOC(=O)NC(C(=O)N1CCC[C@H]1C(=O)NCC1CCC(N)CC1)C(C)(CS)C(CC)CC. The molecule has 0 bridgehead atoms. The molecule has 8 nitrogen and oxygen atoms in total. The quantitative estimate of drug-likeness (QED) is 0.299. The molecule has 2 fully saturated rings. The first kappa shape index (κ1) is 29.7. The summed E-state index contributed by atoms with van der Waals surface area (Å²) in [6.45, 7) is 9.54. The standard InChI is InChI=1S/C26H48N4O4S/c1-5-15-34-25(33)29-22(26(4,17-35)19(6-2)7-3)24(32)30-14-8-9-21(30)23(31)28-16-18-10-12-20(27)13-11-18/h18-22,35H,5-17,27H2,1-4H3,(H,28,31)(H,29,33)/t18?,20?,21-,22?,26?/m0/s1. The average molecular weight is 513 g/mol. The van der Waals surface area contributed by atoms with E-state index >= 15 is 0 Å². The summed E-state index contributed by atoms with van der Waals surface area (Å²) >= 11 is 4.63. The van der Waals surface area contributed by atoms with Gasteiger partial charge in [-0.15, -0.1) is 0 Å². The number of ether oxygens (including phenoxy) is 1. The lowest BCUT2D eigenvalue weighted by Gasteiger charge is -2.43. The summed E-state index contributed by atoms with van der Waals surface area (Å²) in [6.07, 6.45) is 7.25. The Morgan fingerprint density at radius 2 is 1.77 bits per heavy atom. The number of nitrogens with two attached hydrogens (primary N) is 1. The van der Waals surface area contributed by atoms with Crippen molar-refractivity contribution in [2.24, 2.45) is 23.0 Å². The van der Waals surface area contributed by atoms with Crippen molar-refractivity contribution in [3.63, 3.8) is 0 Å². The molecule has 3 amide bonds. The summed E-state index contributed by atoms with van der Waals surface area (Å²) in [5.74, 6) is 0.719. The summed E-state index contributed by atoms with van der Waals surface area (Å²) in [5.41, 5.74) is 5.42. The summed E-state index contributed by atoms with van der Waals surface area (Å²) in [5, 5.41) is 5.97. The number of amides is 3. The predicted molar refractivity (Wildman–Crippen MR) is 142 cm³/mol. The first-order chi connectivity index (χ1) is 16.7. The number of carbonyl (C=O) groups is 3. The molecule has 4 N–H and O–H groups in total. The van der Waals surface area contributed by atoms with Gasteiger partial charge in [0.05, 0.1) is 6.61 Å². The number of alkyl carbamates (subject to hydrolysis) is 1. The molecule has 9 heteroatoms. The maximum Gasteiger partial charge on any atom is 0.407 e. The third kappa shape index (κ3) is 7.75. The number of carbonyl (C=O) groups excluding carboxylic acids is 3. The topological polar surface area (TPSA) is 114 Å². The van der Waals surface area contributed by atoms with Gasteiger partial charge in [-0.25, -0.2) is 4.79 Å². The minimum Gasteiger partial charge on any atom is -0.450 e. The van der Waals surface area contributed by atoms with Crippen LogP contribution in [0.1, 0.15) is 85.5 Å². The van der Waals surface area contributed by atoms with Gasteiger partial charge in [-0.05, 0) is 62.5 Å². The zero-order valence-electron chi connectivity index (χ0n) is 22.2. The van der Waals surface area contributed by atoms with Crippen molar-refractivity contribution in [1.29, 1.82) is 0 Å². The second kappa shape index (κ2) is 14.3. The molecule has 2 aliphatic rings. The lowest BCUT2D eigenvalue weighted by atomic mass is 9.69. The summed E-state index contributed by atoms with van der Waals surface area (Å²) < 4.78 is 5.27. The minimum atomic E-state index is -0.817. The van der Waals surface area contributed by atoms with Gasteiger partial charge in [0.2, 0.25) is 11.8 Å².